The van der Waals surface area contributed by atoms with Crippen LogP contribution in [0.1, 0.15) is 32.6 Å². The van der Waals surface area contributed by atoms with Gasteiger partial charge in [0.2, 0.25) is 11.8 Å². The van der Waals surface area contributed by atoms with Crippen LogP contribution >= 0.6 is 0 Å². The van der Waals surface area contributed by atoms with Gasteiger partial charge >= 0.3 is 0 Å². The molecular weight excluding hydrogens is 342 g/mol. The van der Waals surface area contributed by atoms with Crippen molar-refractivity contribution in [1.82, 2.24) is 15.5 Å². The molecular formula is C21H31N3O3. The lowest BCUT2D eigenvalue weighted by Crippen LogP contribution is -2.49. The third-order valence-electron chi connectivity index (χ3n) is 5.68. The Kier molecular flexibility index (Phi) is 6.72. The van der Waals surface area contributed by atoms with E-state index in [1.165, 1.54) is 6.92 Å². The molecule has 1 aromatic carbocycles. The second-order valence-corrected chi connectivity index (χ2v) is 7.96. The third kappa shape index (κ3) is 5.70. The van der Waals surface area contributed by atoms with Crippen molar-refractivity contribution in [3.05, 3.63) is 30.3 Å². The summed E-state index contributed by atoms with van der Waals surface area (Å²) in [5, 5.41) is 6.20. The van der Waals surface area contributed by atoms with Gasteiger partial charge in [0.1, 0.15) is 5.75 Å². The van der Waals surface area contributed by atoms with Crippen molar-refractivity contribution in [2.45, 2.75) is 44.7 Å². The number of likely N-dealkylation sites (tertiary alicyclic amines) is 1. The monoisotopic (exact) mass is 373 g/mol. The van der Waals surface area contributed by atoms with Crippen molar-refractivity contribution in [2.24, 2.45) is 11.8 Å². The van der Waals surface area contributed by atoms with Gasteiger partial charge in [0.15, 0.2) is 0 Å². The number of carbonyl (C=O) groups excluding carboxylic acids is 2. The molecule has 0 aromatic heterocycles. The second kappa shape index (κ2) is 9.22. The normalized spacial score (nSPS) is 26.5. The highest BCUT2D eigenvalue weighted by Gasteiger charge is 2.40. The van der Waals surface area contributed by atoms with Crippen LogP contribution in [-0.2, 0) is 9.59 Å². The summed E-state index contributed by atoms with van der Waals surface area (Å²) in [5.74, 6) is 0.910. The zero-order valence-electron chi connectivity index (χ0n) is 16.3. The molecule has 0 spiro atoms. The molecule has 2 fully saturated rings. The number of benzene rings is 1. The molecule has 3 atom stereocenters. The van der Waals surface area contributed by atoms with Gasteiger partial charge in [-0.1, -0.05) is 18.2 Å². The minimum Gasteiger partial charge on any atom is -0.493 e. The Morgan fingerprint density at radius 2 is 1.81 bits per heavy atom. The van der Waals surface area contributed by atoms with E-state index in [1.54, 1.807) is 0 Å². The number of amides is 2. The minimum absolute atomic E-state index is 0.0746. The predicted molar refractivity (Wildman–Crippen MR) is 104 cm³/mol. The highest BCUT2D eigenvalue weighted by Crippen LogP contribution is 2.32. The first-order chi connectivity index (χ1) is 13.0. The summed E-state index contributed by atoms with van der Waals surface area (Å²) >= 11 is 0. The van der Waals surface area contributed by atoms with Gasteiger partial charge < -0.3 is 20.3 Å². The van der Waals surface area contributed by atoms with Crippen LogP contribution in [0.4, 0.5) is 0 Å². The Morgan fingerprint density at radius 3 is 2.48 bits per heavy atom. The first-order valence-corrected chi connectivity index (χ1v) is 9.95. The van der Waals surface area contributed by atoms with Gasteiger partial charge in [-0.3, -0.25) is 9.59 Å². The first kappa shape index (κ1) is 19.7. The summed E-state index contributed by atoms with van der Waals surface area (Å²) in [6.07, 6.45) is 3.49. The number of carbonyl (C=O) groups is 2. The van der Waals surface area contributed by atoms with Gasteiger partial charge in [-0.05, 0) is 63.9 Å². The molecule has 2 N–H and O–H groups in total. The highest BCUT2D eigenvalue weighted by molar-refractivity contribution is 5.81. The Balaban J connectivity index is 1.55. The van der Waals surface area contributed by atoms with Crippen molar-refractivity contribution < 1.29 is 14.3 Å². The van der Waals surface area contributed by atoms with E-state index in [9.17, 15) is 9.59 Å². The van der Waals surface area contributed by atoms with Crippen LogP contribution in [0.15, 0.2) is 30.3 Å². The average Bonchev–Trinajstić information content (AvgIpc) is 3.05. The standard InChI is InChI=1S/C21H31N3O3/c1-15(25)22-20-13-16(14-27-18-6-4-3-5-7-18)12-19(20)21(26)23-17-8-10-24(2)11-9-17/h3-7,16-17,19-20H,8-14H2,1-2H3,(H,22,25)(H,23,26)/t16-,19-,20-/m1/s1. The molecule has 1 saturated carbocycles. The fraction of sp³-hybridized carbons (Fsp3) is 0.619. The van der Waals surface area contributed by atoms with Crippen molar-refractivity contribution >= 4 is 11.8 Å². The molecule has 3 rings (SSSR count). The van der Waals surface area contributed by atoms with Crippen LogP contribution in [0, 0.1) is 11.8 Å². The van der Waals surface area contributed by atoms with Crippen LogP contribution in [0.2, 0.25) is 0 Å². The highest BCUT2D eigenvalue weighted by atomic mass is 16.5. The SMILES string of the molecule is CC(=O)N[C@@H]1C[C@H](COc2ccccc2)C[C@H]1C(=O)NC1CCN(C)CC1. The van der Waals surface area contributed by atoms with Crippen molar-refractivity contribution in [2.75, 3.05) is 26.7 Å². The van der Waals surface area contributed by atoms with Gasteiger partial charge in [0.05, 0.1) is 12.5 Å². The number of piperidine rings is 1. The molecule has 1 heterocycles. The molecule has 0 unspecified atom stereocenters. The molecule has 0 radical (unpaired) electrons. The lowest BCUT2D eigenvalue weighted by Gasteiger charge is -2.31. The van der Waals surface area contributed by atoms with Crippen LogP contribution in [0.3, 0.4) is 0 Å². The Morgan fingerprint density at radius 1 is 1.11 bits per heavy atom. The molecule has 6 nitrogen and oxygen atoms in total. The fourth-order valence-electron chi connectivity index (χ4n) is 4.18. The summed E-state index contributed by atoms with van der Waals surface area (Å²) in [6.45, 7) is 4.11. The summed E-state index contributed by atoms with van der Waals surface area (Å²) in [6, 6.07) is 9.85. The number of nitrogens with one attached hydrogen (secondary N) is 2. The summed E-state index contributed by atoms with van der Waals surface area (Å²) in [4.78, 5) is 26.8. The maximum Gasteiger partial charge on any atom is 0.225 e. The maximum atomic E-state index is 12.9. The second-order valence-electron chi connectivity index (χ2n) is 7.96. The van der Waals surface area contributed by atoms with E-state index < -0.39 is 0 Å². The van der Waals surface area contributed by atoms with E-state index in [-0.39, 0.29) is 35.7 Å². The molecule has 27 heavy (non-hydrogen) atoms. The summed E-state index contributed by atoms with van der Waals surface area (Å²) < 4.78 is 5.88. The van der Waals surface area contributed by atoms with Gasteiger partial charge in [-0.25, -0.2) is 0 Å². The van der Waals surface area contributed by atoms with E-state index in [2.05, 4.69) is 22.6 Å². The Bertz CT molecular complexity index is 629. The van der Waals surface area contributed by atoms with Crippen LogP contribution in [0.25, 0.3) is 0 Å². The van der Waals surface area contributed by atoms with Crippen LogP contribution in [-0.4, -0.2) is 55.5 Å². The molecule has 2 amide bonds. The molecule has 0 bridgehead atoms. The number of rotatable bonds is 6. The topological polar surface area (TPSA) is 70.7 Å². The lowest BCUT2D eigenvalue weighted by atomic mass is 9.99. The van der Waals surface area contributed by atoms with Gasteiger partial charge in [-0.2, -0.15) is 0 Å². The quantitative estimate of drug-likeness (QED) is 0.798. The lowest BCUT2D eigenvalue weighted by molar-refractivity contribution is -0.127. The van der Waals surface area contributed by atoms with E-state index in [0.717, 1.165) is 44.5 Å². The molecule has 1 aromatic rings. The smallest absolute Gasteiger partial charge is 0.225 e. The van der Waals surface area contributed by atoms with Crippen molar-refractivity contribution in [3.8, 4) is 5.75 Å². The molecule has 6 heteroatoms. The fourth-order valence-corrected chi connectivity index (χ4v) is 4.18. The molecule has 1 aliphatic carbocycles. The minimum atomic E-state index is -0.182. The first-order valence-electron chi connectivity index (χ1n) is 9.95. The summed E-state index contributed by atoms with van der Waals surface area (Å²) in [5.41, 5.74) is 0. The number of ether oxygens (including phenoxy) is 1. The van der Waals surface area contributed by atoms with Crippen LogP contribution in [0.5, 0.6) is 5.75 Å². The predicted octanol–water partition coefficient (Wildman–Crippen LogP) is 1.81. The van der Waals surface area contributed by atoms with Crippen molar-refractivity contribution in [1.29, 1.82) is 0 Å². The zero-order chi connectivity index (χ0) is 19.2. The molecule has 1 aliphatic heterocycles. The van der Waals surface area contributed by atoms with Gasteiger partial charge in [-0.15, -0.1) is 0 Å². The number of nitrogens with zero attached hydrogens (tertiary/aromatic N) is 1. The molecule has 1 saturated heterocycles. The molecule has 2 aliphatic rings. The summed E-state index contributed by atoms with van der Waals surface area (Å²) in [7, 11) is 2.11. The van der Waals surface area contributed by atoms with E-state index >= 15 is 0 Å². The van der Waals surface area contributed by atoms with Gasteiger partial charge in [0.25, 0.3) is 0 Å². The van der Waals surface area contributed by atoms with Crippen molar-refractivity contribution in [3.63, 3.8) is 0 Å². The van der Waals surface area contributed by atoms with E-state index in [4.69, 9.17) is 4.74 Å². The molecule has 148 valence electrons. The van der Waals surface area contributed by atoms with Crippen LogP contribution < -0.4 is 15.4 Å². The number of para-hydroxylation sites is 1. The zero-order valence-corrected chi connectivity index (χ0v) is 16.3. The Hall–Kier alpha value is -2.08. The van der Waals surface area contributed by atoms with Gasteiger partial charge in [0, 0.05) is 19.0 Å². The van der Waals surface area contributed by atoms with E-state index in [0.29, 0.717) is 6.61 Å². The third-order valence-corrected chi connectivity index (χ3v) is 5.68. The number of hydrogen-bond donors (Lipinski definition) is 2. The number of hydrogen-bond acceptors (Lipinski definition) is 4. The Labute approximate surface area is 161 Å². The largest absolute Gasteiger partial charge is 0.493 e. The van der Waals surface area contributed by atoms with E-state index in [1.807, 2.05) is 30.3 Å². The average molecular weight is 373 g/mol. The maximum absolute atomic E-state index is 12.9.